The molecule has 0 unspecified atom stereocenters. The predicted molar refractivity (Wildman–Crippen MR) is 119 cm³/mol. The molecule has 0 aliphatic rings. The monoisotopic (exact) mass is 434 g/mol. The van der Waals surface area contributed by atoms with Crippen LogP contribution in [0.25, 0.3) is 22.7 Å². The maximum atomic E-state index is 9.58. The lowest BCUT2D eigenvalue weighted by Gasteiger charge is -2.11. The maximum Gasteiger partial charge on any atom is 0.238 e. The van der Waals surface area contributed by atoms with Gasteiger partial charge in [0, 0.05) is 0 Å². The standard InChI is InChI=1S/C24H16Cl2N2O2/c1-15-6-8-16(9-7-15)14-29-23-19(25)11-17(12-20(23)26)10-18(13-27)24-28-21-4-2-3-5-22(21)30-24/h2-12H,14H2,1H3/b18-10+. The van der Waals surface area contributed by atoms with Gasteiger partial charge in [0.25, 0.3) is 0 Å². The molecule has 0 atom stereocenters. The van der Waals surface area contributed by atoms with Gasteiger partial charge in [0.1, 0.15) is 23.8 Å². The van der Waals surface area contributed by atoms with Crippen LogP contribution in [0.4, 0.5) is 0 Å². The third kappa shape index (κ3) is 4.33. The molecule has 4 rings (SSSR count). The van der Waals surface area contributed by atoms with Crippen LogP contribution < -0.4 is 4.74 Å². The van der Waals surface area contributed by atoms with Crippen molar-refractivity contribution in [3.8, 4) is 11.8 Å². The summed E-state index contributed by atoms with van der Waals surface area (Å²) in [5.41, 5.74) is 4.41. The average molecular weight is 435 g/mol. The van der Waals surface area contributed by atoms with E-state index in [1.807, 2.05) is 49.4 Å². The number of aryl methyl sites for hydroxylation is 1. The first-order valence-electron chi connectivity index (χ1n) is 9.18. The molecular weight excluding hydrogens is 419 g/mol. The summed E-state index contributed by atoms with van der Waals surface area (Å²) in [4.78, 5) is 4.36. The van der Waals surface area contributed by atoms with E-state index in [-0.39, 0.29) is 11.5 Å². The Morgan fingerprint density at radius 1 is 1.10 bits per heavy atom. The second-order valence-corrected chi connectivity index (χ2v) is 7.56. The Bertz CT molecular complexity index is 1230. The minimum absolute atomic E-state index is 0.241. The summed E-state index contributed by atoms with van der Waals surface area (Å²) in [6.07, 6.45) is 1.63. The molecule has 1 aromatic heterocycles. The van der Waals surface area contributed by atoms with Gasteiger partial charge in [-0.2, -0.15) is 5.26 Å². The number of fused-ring (bicyclic) bond motifs is 1. The summed E-state index contributed by atoms with van der Waals surface area (Å²) < 4.78 is 11.5. The topological polar surface area (TPSA) is 59.0 Å². The summed E-state index contributed by atoms with van der Waals surface area (Å²) >= 11 is 12.8. The normalized spacial score (nSPS) is 11.5. The Morgan fingerprint density at radius 3 is 2.47 bits per heavy atom. The van der Waals surface area contributed by atoms with Crippen LogP contribution >= 0.6 is 23.2 Å². The van der Waals surface area contributed by atoms with Gasteiger partial charge in [-0.1, -0.05) is 65.2 Å². The van der Waals surface area contributed by atoms with Crippen molar-refractivity contribution in [2.75, 3.05) is 0 Å². The molecule has 0 aliphatic carbocycles. The van der Waals surface area contributed by atoms with E-state index < -0.39 is 0 Å². The van der Waals surface area contributed by atoms with Gasteiger partial charge in [-0.15, -0.1) is 0 Å². The number of nitriles is 1. The van der Waals surface area contributed by atoms with Crippen molar-refractivity contribution < 1.29 is 9.15 Å². The van der Waals surface area contributed by atoms with E-state index >= 15 is 0 Å². The van der Waals surface area contributed by atoms with Crippen LogP contribution in [0.5, 0.6) is 5.75 Å². The van der Waals surface area contributed by atoms with Crippen LogP contribution in [-0.4, -0.2) is 4.98 Å². The molecule has 4 aromatic rings. The van der Waals surface area contributed by atoms with E-state index in [0.29, 0.717) is 39.1 Å². The van der Waals surface area contributed by atoms with E-state index in [9.17, 15) is 5.26 Å². The number of nitrogens with zero attached hydrogens (tertiary/aromatic N) is 2. The van der Waals surface area contributed by atoms with Crippen LogP contribution in [0.2, 0.25) is 10.0 Å². The van der Waals surface area contributed by atoms with Crippen molar-refractivity contribution in [3.63, 3.8) is 0 Å². The Kier molecular flexibility index (Phi) is 5.76. The Balaban J connectivity index is 1.59. The zero-order valence-corrected chi connectivity index (χ0v) is 17.5. The fourth-order valence-electron chi connectivity index (χ4n) is 2.94. The first kappa shape index (κ1) is 20.0. The molecule has 0 bridgehead atoms. The molecule has 1 heterocycles. The van der Waals surface area contributed by atoms with E-state index in [1.165, 1.54) is 5.56 Å². The number of benzene rings is 3. The van der Waals surface area contributed by atoms with Crippen LogP contribution in [0.15, 0.2) is 65.1 Å². The summed E-state index contributed by atoms with van der Waals surface area (Å²) in [6.45, 7) is 2.38. The molecule has 0 spiro atoms. The van der Waals surface area contributed by atoms with Gasteiger partial charge in [0.05, 0.1) is 10.0 Å². The Labute approximate surface area is 183 Å². The smallest absolute Gasteiger partial charge is 0.238 e. The van der Waals surface area contributed by atoms with E-state index in [1.54, 1.807) is 24.3 Å². The largest absolute Gasteiger partial charge is 0.486 e. The first-order chi connectivity index (χ1) is 14.5. The van der Waals surface area contributed by atoms with Gasteiger partial charge in [-0.25, -0.2) is 4.98 Å². The van der Waals surface area contributed by atoms with E-state index in [4.69, 9.17) is 32.4 Å². The number of ether oxygens (including phenoxy) is 1. The molecule has 148 valence electrons. The van der Waals surface area contributed by atoms with Crippen LogP contribution in [0.1, 0.15) is 22.6 Å². The lowest BCUT2D eigenvalue weighted by Crippen LogP contribution is -1.97. The van der Waals surface area contributed by atoms with Crippen molar-refractivity contribution in [2.45, 2.75) is 13.5 Å². The maximum absolute atomic E-state index is 9.58. The highest BCUT2D eigenvalue weighted by atomic mass is 35.5. The van der Waals surface area contributed by atoms with Gasteiger partial charge in [0.2, 0.25) is 5.89 Å². The third-order valence-electron chi connectivity index (χ3n) is 4.48. The number of para-hydroxylation sites is 2. The molecule has 3 aromatic carbocycles. The number of hydrogen-bond donors (Lipinski definition) is 0. The summed E-state index contributed by atoms with van der Waals surface area (Å²) in [6, 6.07) is 20.9. The second-order valence-electron chi connectivity index (χ2n) is 6.74. The third-order valence-corrected chi connectivity index (χ3v) is 5.04. The summed E-state index contributed by atoms with van der Waals surface area (Å²) in [5, 5.41) is 10.3. The van der Waals surface area contributed by atoms with Crippen LogP contribution in [-0.2, 0) is 6.61 Å². The quantitative estimate of drug-likeness (QED) is 0.314. The van der Waals surface area contributed by atoms with Crippen molar-refractivity contribution in [1.29, 1.82) is 5.26 Å². The molecule has 0 fully saturated rings. The van der Waals surface area contributed by atoms with Gasteiger partial charge in [-0.3, -0.25) is 0 Å². The van der Waals surface area contributed by atoms with Gasteiger partial charge in [-0.05, 0) is 48.4 Å². The average Bonchev–Trinajstić information content (AvgIpc) is 3.16. The van der Waals surface area contributed by atoms with E-state index in [0.717, 1.165) is 5.56 Å². The predicted octanol–water partition coefficient (Wildman–Crippen LogP) is 7.09. The highest BCUT2D eigenvalue weighted by Crippen LogP contribution is 2.36. The number of hydrogen-bond acceptors (Lipinski definition) is 4. The second kappa shape index (κ2) is 8.62. The summed E-state index contributed by atoms with van der Waals surface area (Å²) in [5.74, 6) is 0.641. The Morgan fingerprint density at radius 2 is 1.80 bits per heavy atom. The molecule has 0 radical (unpaired) electrons. The number of rotatable bonds is 5. The van der Waals surface area contributed by atoms with Gasteiger partial charge < -0.3 is 9.15 Å². The lowest BCUT2D eigenvalue weighted by atomic mass is 10.1. The molecule has 0 saturated carbocycles. The minimum Gasteiger partial charge on any atom is -0.486 e. The Hall–Kier alpha value is -3.26. The zero-order valence-electron chi connectivity index (χ0n) is 16.0. The molecule has 4 nitrogen and oxygen atoms in total. The molecule has 6 heteroatoms. The van der Waals surface area contributed by atoms with Crippen molar-refractivity contribution >= 4 is 46.0 Å². The van der Waals surface area contributed by atoms with Crippen LogP contribution in [0.3, 0.4) is 0 Å². The number of aromatic nitrogens is 1. The number of allylic oxidation sites excluding steroid dienone is 1. The molecule has 0 saturated heterocycles. The molecule has 0 aliphatic heterocycles. The fourth-order valence-corrected chi connectivity index (χ4v) is 3.55. The lowest BCUT2D eigenvalue weighted by molar-refractivity contribution is 0.306. The molecule has 0 amide bonds. The molecular formula is C24H16Cl2N2O2. The first-order valence-corrected chi connectivity index (χ1v) is 9.94. The van der Waals surface area contributed by atoms with Crippen LogP contribution in [0, 0.1) is 18.3 Å². The minimum atomic E-state index is 0.241. The van der Waals surface area contributed by atoms with Crippen molar-refractivity contribution in [1.82, 2.24) is 4.98 Å². The van der Waals surface area contributed by atoms with Crippen molar-refractivity contribution in [2.24, 2.45) is 0 Å². The summed E-state index contributed by atoms with van der Waals surface area (Å²) in [7, 11) is 0. The van der Waals surface area contributed by atoms with Gasteiger partial charge in [0.15, 0.2) is 11.3 Å². The van der Waals surface area contributed by atoms with Gasteiger partial charge >= 0.3 is 0 Å². The zero-order chi connectivity index (χ0) is 21.1. The van der Waals surface area contributed by atoms with E-state index in [2.05, 4.69) is 11.1 Å². The highest BCUT2D eigenvalue weighted by Gasteiger charge is 2.13. The number of halogens is 2. The number of oxazole rings is 1. The van der Waals surface area contributed by atoms with Crippen molar-refractivity contribution in [3.05, 3.63) is 93.3 Å². The SMILES string of the molecule is Cc1ccc(COc2c(Cl)cc(/C=C(\C#N)c3nc4ccccc4o3)cc2Cl)cc1. The molecule has 30 heavy (non-hydrogen) atoms. The fraction of sp³-hybridized carbons (Fsp3) is 0.0833. The highest BCUT2D eigenvalue weighted by molar-refractivity contribution is 6.37. The molecule has 0 N–H and O–H groups in total.